The fraction of sp³-hybridized carbons (Fsp3) is 0.200. The topological polar surface area (TPSA) is 50.2 Å². The van der Waals surface area contributed by atoms with Gasteiger partial charge in [0.15, 0.2) is 0 Å². The van der Waals surface area contributed by atoms with E-state index < -0.39 is 11.9 Å². The number of nitrogens with zero attached hydrogens (tertiary/aromatic N) is 1. The van der Waals surface area contributed by atoms with Crippen LogP contribution in [0.3, 0.4) is 0 Å². The highest BCUT2D eigenvalue weighted by molar-refractivity contribution is 6.30. The molecule has 0 spiro atoms. The molecule has 3 nitrogen and oxygen atoms in total. The maximum Gasteiger partial charge on any atom is 0.312 e. The Hall–Kier alpha value is -1.87. The van der Waals surface area contributed by atoms with Crippen molar-refractivity contribution in [3.63, 3.8) is 0 Å². The molecular weight excluding hydrogens is 262 g/mol. The third-order valence-electron chi connectivity index (χ3n) is 3.09. The summed E-state index contributed by atoms with van der Waals surface area (Å²) in [6, 6.07) is 11.1. The largest absolute Gasteiger partial charge is 0.481 e. The lowest BCUT2D eigenvalue weighted by atomic mass is 9.93. The van der Waals surface area contributed by atoms with Crippen LogP contribution >= 0.6 is 11.6 Å². The number of pyridine rings is 1. The van der Waals surface area contributed by atoms with E-state index in [1.165, 1.54) is 6.20 Å². The van der Waals surface area contributed by atoms with Crippen molar-refractivity contribution < 1.29 is 9.90 Å². The molecule has 1 aromatic heterocycles. The number of benzene rings is 1. The number of rotatable bonds is 4. The lowest BCUT2D eigenvalue weighted by Gasteiger charge is -2.13. The Morgan fingerprint density at radius 1 is 1.32 bits per heavy atom. The molecule has 1 N–H and O–H groups in total. The molecule has 4 heteroatoms. The maximum absolute atomic E-state index is 11.4. The summed E-state index contributed by atoms with van der Waals surface area (Å²) >= 11 is 5.77. The minimum absolute atomic E-state index is 0.427. The molecule has 0 saturated heterocycles. The Labute approximate surface area is 116 Å². The van der Waals surface area contributed by atoms with Crippen LogP contribution in [0.2, 0.25) is 5.02 Å². The molecule has 0 aliphatic carbocycles. The van der Waals surface area contributed by atoms with E-state index in [2.05, 4.69) is 4.98 Å². The first-order valence-electron chi connectivity index (χ1n) is 5.96. The smallest absolute Gasteiger partial charge is 0.312 e. The van der Waals surface area contributed by atoms with Crippen LogP contribution in [0, 0.1) is 6.92 Å². The summed E-state index contributed by atoms with van der Waals surface area (Å²) in [4.78, 5) is 15.5. The van der Waals surface area contributed by atoms with Gasteiger partial charge in [-0.1, -0.05) is 35.9 Å². The molecule has 1 unspecified atom stereocenters. The van der Waals surface area contributed by atoms with Gasteiger partial charge in [-0.05, 0) is 36.6 Å². The Bertz CT molecular complexity index is 581. The average Bonchev–Trinajstić information content (AvgIpc) is 2.39. The van der Waals surface area contributed by atoms with Gasteiger partial charge >= 0.3 is 5.97 Å². The van der Waals surface area contributed by atoms with E-state index in [1.807, 2.05) is 31.2 Å². The summed E-state index contributed by atoms with van der Waals surface area (Å²) in [6.45, 7) is 1.98. The minimum atomic E-state index is -0.877. The molecule has 0 radical (unpaired) electrons. The highest BCUT2D eigenvalue weighted by Gasteiger charge is 2.22. The van der Waals surface area contributed by atoms with E-state index in [0.717, 1.165) is 11.1 Å². The summed E-state index contributed by atoms with van der Waals surface area (Å²) in [6.07, 6.45) is 1.90. The van der Waals surface area contributed by atoms with Crippen LogP contribution in [-0.2, 0) is 11.2 Å². The molecular formula is C15H14ClNO2. The highest BCUT2D eigenvalue weighted by atomic mass is 35.5. The molecule has 0 saturated carbocycles. The second-order valence-corrected chi connectivity index (χ2v) is 4.86. The van der Waals surface area contributed by atoms with Crippen molar-refractivity contribution in [2.75, 3.05) is 0 Å². The molecule has 98 valence electrons. The van der Waals surface area contributed by atoms with E-state index >= 15 is 0 Å². The van der Waals surface area contributed by atoms with E-state index in [9.17, 15) is 9.90 Å². The van der Waals surface area contributed by atoms with Gasteiger partial charge in [0.05, 0.1) is 10.7 Å². The molecule has 0 aliphatic rings. The third-order valence-corrected chi connectivity index (χ3v) is 3.31. The number of carboxylic acid groups (broad SMARTS) is 1. The van der Waals surface area contributed by atoms with Crippen LogP contribution in [0.1, 0.15) is 22.7 Å². The van der Waals surface area contributed by atoms with E-state index in [-0.39, 0.29) is 0 Å². The van der Waals surface area contributed by atoms with Gasteiger partial charge in [-0.3, -0.25) is 9.78 Å². The van der Waals surface area contributed by atoms with Gasteiger partial charge in [0.25, 0.3) is 0 Å². The predicted octanol–water partition coefficient (Wildman–Crippen LogP) is 3.45. The van der Waals surface area contributed by atoms with Crippen LogP contribution in [0.15, 0.2) is 42.6 Å². The van der Waals surface area contributed by atoms with Gasteiger partial charge in [-0.25, -0.2) is 0 Å². The van der Waals surface area contributed by atoms with Gasteiger partial charge < -0.3 is 5.11 Å². The maximum atomic E-state index is 11.4. The Balaban J connectivity index is 2.29. The molecule has 0 aliphatic heterocycles. The standard InChI is InChI=1S/C15H14ClNO2/c1-10-4-2-3-5-11(10)8-13(15(18)19)14-7-6-12(16)9-17-14/h2-7,9,13H,8H2,1H3,(H,18,19). The zero-order valence-corrected chi connectivity index (χ0v) is 11.3. The second-order valence-electron chi connectivity index (χ2n) is 4.42. The van der Waals surface area contributed by atoms with Gasteiger partial charge in [-0.15, -0.1) is 0 Å². The van der Waals surface area contributed by atoms with Crippen molar-refractivity contribution >= 4 is 17.6 Å². The summed E-state index contributed by atoms with van der Waals surface area (Å²) in [5.74, 6) is -1.53. The normalized spacial score (nSPS) is 12.1. The summed E-state index contributed by atoms with van der Waals surface area (Å²) in [5.41, 5.74) is 2.63. The van der Waals surface area contributed by atoms with Crippen LogP contribution in [-0.4, -0.2) is 16.1 Å². The number of aromatic nitrogens is 1. The summed E-state index contributed by atoms with van der Waals surface area (Å²) in [5, 5.41) is 9.88. The second kappa shape index (κ2) is 5.85. The van der Waals surface area contributed by atoms with Crippen molar-refractivity contribution in [3.8, 4) is 0 Å². The first kappa shape index (κ1) is 13.6. The third kappa shape index (κ3) is 3.32. The zero-order chi connectivity index (χ0) is 13.8. The summed E-state index contributed by atoms with van der Waals surface area (Å²) < 4.78 is 0. The summed E-state index contributed by atoms with van der Waals surface area (Å²) in [7, 11) is 0. The number of hydrogen-bond acceptors (Lipinski definition) is 2. The molecule has 0 amide bonds. The zero-order valence-electron chi connectivity index (χ0n) is 10.5. The minimum Gasteiger partial charge on any atom is -0.481 e. The molecule has 2 aromatic rings. The average molecular weight is 276 g/mol. The quantitative estimate of drug-likeness (QED) is 0.930. The fourth-order valence-electron chi connectivity index (χ4n) is 1.97. The highest BCUT2D eigenvalue weighted by Crippen LogP contribution is 2.22. The first-order valence-corrected chi connectivity index (χ1v) is 6.34. The molecule has 1 aromatic carbocycles. The number of aryl methyl sites for hydroxylation is 1. The van der Waals surface area contributed by atoms with Crippen molar-refractivity contribution in [1.29, 1.82) is 0 Å². The SMILES string of the molecule is Cc1ccccc1CC(C(=O)O)c1ccc(Cl)cn1. The fourth-order valence-corrected chi connectivity index (χ4v) is 2.08. The first-order chi connectivity index (χ1) is 9.08. The number of carboxylic acids is 1. The van der Waals surface area contributed by atoms with Crippen molar-refractivity contribution in [2.24, 2.45) is 0 Å². The molecule has 19 heavy (non-hydrogen) atoms. The van der Waals surface area contributed by atoms with Crippen molar-refractivity contribution in [1.82, 2.24) is 4.98 Å². The van der Waals surface area contributed by atoms with Gasteiger partial charge in [0.2, 0.25) is 0 Å². The van der Waals surface area contributed by atoms with E-state index in [0.29, 0.717) is 17.1 Å². The van der Waals surface area contributed by atoms with Gasteiger partial charge in [-0.2, -0.15) is 0 Å². The number of aliphatic carboxylic acids is 1. The molecule has 1 atom stereocenters. The number of carbonyl (C=O) groups is 1. The number of halogens is 1. The van der Waals surface area contributed by atoms with E-state index in [1.54, 1.807) is 12.1 Å². The Morgan fingerprint density at radius 2 is 2.05 bits per heavy atom. The van der Waals surface area contributed by atoms with Crippen LogP contribution in [0.25, 0.3) is 0 Å². The predicted molar refractivity (Wildman–Crippen MR) is 74.5 cm³/mol. The molecule has 0 fully saturated rings. The van der Waals surface area contributed by atoms with Crippen LogP contribution in [0.5, 0.6) is 0 Å². The van der Waals surface area contributed by atoms with E-state index in [4.69, 9.17) is 11.6 Å². The Kier molecular flexibility index (Phi) is 4.17. The molecule has 1 heterocycles. The van der Waals surface area contributed by atoms with Crippen LogP contribution in [0.4, 0.5) is 0 Å². The molecule has 2 rings (SSSR count). The number of hydrogen-bond donors (Lipinski definition) is 1. The monoisotopic (exact) mass is 275 g/mol. The van der Waals surface area contributed by atoms with Crippen LogP contribution < -0.4 is 0 Å². The lowest BCUT2D eigenvalue weighted by Crippen LogP contribution is -2.16. The molecule has 0 bridgehead atoms. The Morgan fingerprint density at radius 3 is 2.63 bits per heavy atom. The van der Waals surface area contributed by atoms with Crippen molar-refractivity contribution in [3.05, 3.63) is 64.4 Å². The lowest BCUT2D eigenvalue weighted by molar-refractivity contribution is -0.138. The van der Waals surface area contributed by atoms with Gasteiger partial charge in [0, 0.05) is 6.20 Å². The van der Waals surface area contributed by atoms with Crippen molar-refractivity contribution in [2.45, 2.75) is 19.3 Å². The van der Waals surface area contributed by atoms with Gasteiger partial charge in [0.1, 0.15) is 5.92 Å².